The third-order valence-corrected chi connectivity index (χ3v) is 6.43. The number of para-hydroxylation sites is 1. The van der Waals surface area contributed by atoms with Crippen LogP contribution in [0.4, 0.5) is 11.5 Å². The standard InChI is InChI=1S/C24H30N4O3/c29-22(30)8-4-5-12-26-23(31)19-9-13-25-21(16-19)28-15-11-24(18-28)10-14-27(17-24)20-6-2-1-3-7-20/h1-3,6-7,9,13,16H,4-5,8,10-12,14-15,17-18H2,(H,26,31)(H,29,30). The van der Waals surface area contributed by atoms with Gasteiger partial charge in [0.05, 0.1) is 0 Å². The van der Waals surface area contributed by atoms with Crippen LogP contribution in [-0.4, -0.2) is 54.7 Å². The Labute approximate surface area is 183 Å². The van der Waals surface area contributed by atoms with Gasteiger partial charge in [0.1, 0.15) is 5.82 Å². The van der Waals surface area contributed by atoms with E-state index in [1.54, 1.807) is 12.3 Å². The number of hydrogen-bond acceptors (Lipinski definition) is 5. The number of carbonyl (C=O) groups excluding carboxylic acids is 1. The number of rotatable bonds is 8. The van der Waals surface area contributed by atoms with E-state index < -0.39 is 5.97 Å². The Bertz CT molecular complexity index is 920. The van der Waals surface area contributed by atoms with Crippen LogP contribution >= 0.6 is 0 Å². The van der Waals surface area contributed by atoms with Gasteiger partial charge in [0.2, 0.25) is 0 Å². The molecule has 2 saturated heterocycles. The van der Waals surface area contributed by atoms with Crippen molar-refractivity contribution in [1.82, 2.24) is 10.3 Å². The first-order valence-electron chi connectivity index (χ1n) is 11.1. The molecule has 2 aliphatic heterocycles. The van der Waals surface area contributed by atoms with E-state index in [0.29, 0.717) is 24.9 Å². The Morgan fingerprint density at radius 2 is 1.77 bits per heavy atom. The molecule has 31 heavy (non-hydrogen) atoms. The number of aliphatic carboxylic acids is 1. The maximum Gasteiger partial charge on any atom is 0.303 e. The maximum atomic E-state index is 12.5. The number of carbonyl (C=O) groups is 2. The zero-order valence-corrected chi connectivity index (χ0v) is 17.8. The van der Waals surface area contributed by atoms with Crippen LogP contribution in [0.25, 0.3) is 0 Å². The van der Waals surface area contributed by atoms with Crippen LogP contribution in [0.1, 0.15) is 42.5 Å². The van der Waals surface area contributed by atoms with Crippen molar-refractivity contribution in [1.29, 1.82) is 0 Å². The molecule has 2 aliphatic rings. The molecule has 0 radical (unpaired) electrons. The number of carboxylic acids is 1. The number of anilines is 2. The van der Waals surface area contributed by atoms with Gasteiger partial charge in [-0.2, -0.15) is 0 Å². The van der Waals surface area contributed by atoms with Crippen LogP contribution in [0.5, 0.6) is 0 Å². The average Bonchev–Trinajstić information content (AvgIpc) is 3.41. The average molecular weight is 423 g/mol. The molecule has 0 saturated carbocycles. The number of unbranched alkanes of at least 4 members (excludes halogenated alkanes) is 1. The summed E-state index contributed by atoms with van der Waals surface area (Å²) in [6.07, 6.45) is 5.36. The van der Waals surface area contributed by atoms with E-state index in [-0.39, 0.29) is 17.7 Å². The van der Waals surface area contributed by atoms with E-state index >= 15 is 0 Å². The Kier molecular flexibility index (Phi) is 6.39. The molecule has 0 bridgehead atoms. The minimum Gasteiger partial charge on any atom is -0.481 e. The Morgan fingerprint density at radius 1 is 1.03 bits per heavy atom. The van der Waals surface area contributed by atoms with Crippen molar-refractivity contribution in [3.8, 4) is 0 Å². The molecular weight excluding hydrogens is 392 g/mol. The summed E-state index contributed by atoms with van der Waals surface area (Å²) in [5.74, 6) is -0.0831. The first kappa shape index (κ1) is 21.2. The smallest absolute Gasteiger partial charge is 0.303 e. The summed E-state index contributed by atoms with van der Waals surface area (Å²) in [7, 11) is 0. The third kappa shape index (κ3) is 5.16. The number of pyridine rings is 1. The van der Waals surface area contributed by atoms with Crippen molar-refractivity contribution in [2.24, 2.45) is 5.41 Å². The van der Waals surface area contributed by atoms with Gasteiger partial charge in [-0.05, 0) is 49.9 Å². The first-order chi connectivity index (χ1) is 15.0. The molecule has 2 N–H and O–H groups in total. The van der Waals surface area contributed by atoms with Gasteiger partial charge in [-0.15, -0.1) is 0 Å². The SMILES string of the molecule is O=C(O)CCCCNC(=O)c1ccnc(N2CCC3(CCN(c4ccccc4)C3)C2)c1. The summed E-state index contributed by atoms with van der Waals surface area (Å²) in [6, 6.07) is 14.2. The lowest BCUT2D eigenvalue weighted by atomic mass is 9.86. The highest BCUT2D eigenvalue weighted by atomic mass is 16.4. The van der Waals surface area contributed by atoms with Gasteiger partial charge < -0.3 is 20.2 Å². The Balaban J connectivity index is 1.33. The van der Waals surface area contributed by atoms with E-state index in [2.05, 4.69) is 50.4 Å². The highest BCUT2D eigenvalue weighted by molar-refractivity contribution is 5.94. The van der Waals surface area contributed by atoms with Gasteiger partial charge in [0, 0.05) is 62.0 Å². The summed E-state index contributed by atoms with van der Waals surface area (Å²) in [5.41, 5.74) is 2.17. The van der Waals surface area contributed by atoms with Crippen LogP contribution in [0.2, 0.25) is 0 Å². The quantitative estimate of drug-likeness (QED) is 0.636. The second-order valence-electron chi connectivity index (χ2n) is 8.69. The van der Waals surface area contributed by atoms with Crippen molar-refractivity contribution in [2.45, 2.75) is 32.1 Å². The summed E-state index contributed by atoms with van der Waals surface area (Å²) in [5, 5.41) is 11.6. The van der Waals surface area contributed by atoms with E-state index in [0.717, 1.165) is 38.4 Å². The van der Waals surface area contributed by atoms with Crippen molar-refractivity contribution in [2.75, 3.05) is 42.5 Å². The molecule has 7 nitrogen and oxygen atoms in total. The molecule has 1 aromatic heterocycles. The van der Waals surface area contributed by atoms with Crippen molar-refractivity contribution >= 4 is 23.4 Å². The zero-order valence-electron chi connectivity index (χ0n) is 17.8. The molecule has 1 spiro atoms. The third-order valence-electron chi connectivity index (χ3n) is 6.43. The predicted octanol–water partition coefficient (Wildman–Crippen LogP) is 3.17. The molecule has 7 heteroatoms. The summed E-state index contributed by atoms with van der Waals surface area (Å²) >= 11 is 0. The lowest BCUT2D eigenvalue weighted by molar-refractivity contribution is -0.137. The molecular formula is C24H30N4O3. The van der Waals surface area contributed by atoms with E-state index in [1.165, 1.54) is 12.1 Å². The fraction of sp³-hybridized carbons (Fsp3) is 0.458. The highest BCUT2D eigenvalue weighted by Gasteiger charge is 2.43. The normalized spacial score (nSPS) is 20.4. The molecule has 1 amide bonds. The molecule has 2 aromatic rings. The van der Waals surface area contributed by atoms with Crippen LogP contribution in [0.15, 0.2) is 48.7 Å². The first-order valence-corrected chi connectivity index (χ1v) is 11.1. The fourth-order valence-corrected chi connectivity index (χ4v) is 4.70. The Hall–Kier alpha value is -3.09. The molecule has 3 heterocycles. The second-order valence-corrected chi connectivity index (χ2v) is 8.69. The topological polar surface area (TPSA) is 85.8 Å². The predicted molar refractivity (Wildman–Crippen MR) is 121 cm³/mol. The van der Waals surface area contributed by atoms with Gasteiger partial charge in [0.25, 0.3) is 5.91 Å². The van der Waals surface area contributed by atoms with Crippen LogP contribution in [0.3, 0.4) is 0 Å². The Morgan fingerprint density at radius 3 is 2.55 bits per heavy atom. The number of aromatic nitrogens is 1. The lowest BCUT2D eigenvalue weighted by Crippen LogP contribution is -2.31. The molecule has 1 unspecified atom stereocenters. The van der Waals surface area contributed by atoms with Gasteiger partial charge in [-0.1, -0.05) is 18.2 Å². The van der Waals surface area contributed by atoms with Crippen LogP contribution in [0, 0.1) is 5.41 Å². The van der Waals surface area contributed by atoms with Gasteiger partial charge >= 0.3 is 5.97 Å². The number of carboxylic acid groups (broad SMARTS) is 1. The largest absolute Gasteiger partial charge is 0.481 e. The van der Waals surface area contributed by atoms with Crippen molar-refractivity contribution in [3.05, 3.63) is 54.2 Å². The molecule has 0 aliphatic carbocycles. The van der Waals surface area contributed by atoms with Crippen LogP contribution < -0.4 is 15.1 Å². The molecule has 1 atom stereocenters. The van der Waals surface area contributed by atoms with Gasteiger partial charge in [0.15, 0.2) is 0 Å². The number of hydrogen-bond donors (Lipinski definition) is 2. The van der Waals surface area contributed by atoms with Gasteiger partial charge in [-0.3, -0.25) is 9.59 Å². The minimum absolute atomic E-state index is 0.133. The second kappa shape index (κ2) is 9.37. The molecule has 2 fully saturated rings. The summed E-state index contributed by atoms with van der Waals surface area (Å²) in [6.45, 7) is 4.53. The van der Waals surface area contributed by atoms with E-state index in [4.69, 9.17) is 5.11 Å². The lowest BCUT2D eigenvalue weighted by Gasteiger charge is -2.26. The van der Waals surface area contributed by atoms with Gasteiger partial charge in [-0.25, -0.2) is 4.98 Å². The van der Waals surface area contributed by atoms with Crippen LogP contribution in [-0.2, 0) is 4.79 Å². The molecule has 4 rings (SSSR count). The molecule has 164 valence electrons. The summed E-state index contributed by atoms with van der Waals surface area (Å²) in [4.78, 5) is 32.4. The monoisotopic (exact) mass is 422 g/mol. The maximum absolute atomic E-state index is 12.5. The zero-order chi connectivity index (χ0) is 21.7. The van der Waals surface area contributed by atoms with Crippen molar-refractivity contribution < 1.29 is 14.7 Å². The fourth-order valence-electron chi connectivity index (χ4n) is 4.70. The van der Waals surface area contributed by atoms with E-state index in [1.807, 2.05) is 6.07 Å². The summed E-state index contributed by atoms with van der Waals surface area (Å²) < 4.78 is 0. The van der Waals surface area contributed by atoms with Crippen molar-refractivity contribution in [3.63, 3.8) is 0 Å². The number of benzene rings is 1. The highest BCUT2D eigenvalue weighted by Crippen LogP contribution is 2.42. The number of nitrogens with zero attached hydrogens (tertiary/aromatic N) is 3. The van der Waals surface area contributed by atoms with E-state index in [9.17, 15) is 9.59 Å². The minimum atomic E-state index is -0.803. The number of amides is 1. The molecule has 1 aromatic carbocycles. The number of nitrogens with one attached hydrogen (secondary N) is 1.